The van der Waals surface area contributed by atoms with Gasteiger partial charge in [0, 0.05) is 24.8 Å². The van der Waals surface area contributed by atoms with Crippen LogP contribution in [0.2, 0.25) is 0 Å². The van der Waals surface area contributed by atoms with Crippen LogP contribution in [0.25, 0.3) is 11.2 Å². The number of imidazole rings is 1. The van der Waals surface area contributed by atoms with E-state index >= 15 is 0 Å². The second kappa shape index (κ2) is 9.28. The fraction of sp³-hybridized carbons (Fsp3) is 0.556. The molecular weight excluding hydrogens is 334 g/mol. The molecule has 0 spiro atoms. The Labute approximate surface area is 153 Å². The van der Waals surface area contributed by atoms with Crippen LogP contribution in [-0.4, -0.2) is 63.1 Å². The number of rotatable bonds is 5. The van der Waals surface area contributed by atoms with Crippen LogP contribution in [0.15, 0.2) is 18.6 Å². The van der Waals surface area contributed by atoms with Crippen LogP contribution in [0.5, 0.6) is 0 Å². The number of hydrogen-bond donors (Lipinski definition) is 2. The van der Waals surface area contributed by atoms with Crippen molar-refractivity contribution in [3.05, 3.63) is 24.2 Å². The van der Waals surface area contributed by atoms with Gasteiger partial charge in [-0.2, -0.15) is 0 Å². The average molecular weight is 361 g/mol. The molecule has 0 radical (unpaired) electrons. The number of pyridine rings is 1. The minimum atomic E-state index is -0.250. The molecule has 3 heterocycles. The SMILES string of the molecule is CC(C)n1cnc2cc(C(=O)NCCC3CCCN3C)cnc21.O=CO. The van der Waals surface area contributed by atoms with Crippen LogP contribution >= 0.6 is 0 Å². The second-order valence-electron chi connectivity index (χ2n) is 6.74. The zero-order valence-electron chi connectivity index (χ0n) is 15.6. The minimum absolute atomic E-state index is 0.0702. The third-order valence-corrected chi connectivity index (χ3v) is 4.67. The Morgan fingerprint density at radius 3 is 2.81 bits per heavy atom. The van der Waals surface area contributed by atoms with Gasteiger partial charge in [0.15, 0.2) is 5.65 Å². The zero-order valence-corrected chi connectivity index (χ0v) is 15.6. The average Bonchev–Trinajstić information content (AvgIpc) is 3.21. The Balaban J connectivity index is 0.000000758. The summed E-state index contributed by atoms with van der Waals surface area (Å²) in [7, 11) is 2.16. The van der Waals surface area contributed by atoms with Crippen LogP contribution in [0.4, 0.5) is 0 Å². The molecule has 8 heteroatoms. The summed E-state index contributed by atoms with van der Waals surface area (Å²) in [4.78, 5) is 31.8. The Kier molecular flexibility index (Phi) is 7.08. The molecule has 0 bridgehead atoms. The van der Waals surface area contributed by atoms with Gasteiger partial charge in [0.1, 0.15) is 5.52 Å². The molecule has 0 aromatic carbocycles. The second-order valence-corrected chi connectivity index (χ2v) is 6.74. The highest BCUT2D eigenvalue weighted by atomic mass is 16.3. The molecule has 1 aliphatic heterocycles. The van der Waals surface area contributed by atoms with E-state index in [1.165, 1.54) is 12.8 Å². The van der Waals surface area contributed by atoms with Gasteiger partial charge < -0.3 is 19.9 Å². The van der Waals surface area contributed by atoms with Gasteiger partial charge in [0.2, 0.25) is 0 Å². The van der Waals surface area contributed by atoms with Gasteiger partial charge in [-0.05, 0) is 52.8 Å². The lowest BCUT2D eigenvalue weighted by Crippen LogP contribution is -2.31. The number of hydrogen-bond acceptors (Lipinski definition) is 5. The molecule has 2 aromatic rings. The highest BCUT2D eigenvalue weighted by Gasteiger charge is 2.20. The van der Waals surface area contributed by atoms with E-state index in [-0.39, 0.29) is 12.4 Å². The number of fused-ring (bicyclic) bond motifs is 1. The normalized spacial score (nSPS) is 17.2. The molecule has 2 aromatic heterocycles. The van der Waals surface area contributed by atoms with Gasteiger partial charge in [0.25, 0.3) is 12.4 Å². The third kappa shape index (κ3) is 4.78. The molecule has 1 unspecified atom stereocenters. The number of amides is 1. The smallest absolute Gasteiger partial charge is 0.290 e. The van der Waals surface area contributed by atoms with Crippen molar-refractivity contribution in [2.24, 2.45) is 0 Å². The van der Waals surface area contributed by atoms with Crippen molar-refractivity contribution in [1.29, 1.82) is 0 Å². The highest BCUT2D eigenvalue weighted by Crippen LogP contribution is 2.18. The lowest BCUT2D eigenvalue weighted by Gasteiger charge is -2.19. The van der Waals surface area contributed by atoms with Crippen LogP contribution in [0.1, 0.15) is 49.5 Å². The summed E-state index contributed by atoms with van der Waals surface area (Å²) in [6.07, 6.45) is 6.90. The van der Waals surface area contributed by atoms with Crippen molar-refractivity contribution in [2.45, 2.75) is 45.2 Å². The number of aromatic nitrogens is 3. The maximum absolute atomic E-state index is 12.3. The Morgan fingerprint density at radius 2 is 2.19 bits per heavy atom. The predicted octanol–water partition coefficient (Wildman–Crippen LogP) is 1.93. The standard InChI is InChI=1S/C17H25N5O.CH2O2/c1-12(2)22-11-20-15-9-13(10-19-16(15)22)17(23)18-7-6-14-5-4-8-21(14)3;2-1-3/h9-12,14H,4-8H2,1-3H3,(H,18,23);1H,(H,2,3). The molecule has 0 aliphatic carbocycles. The van der Waals surface area contributed by atoms with Gasteiger partial charge in [-0.3, -0.25) is 9.59 Å². The molecule has 1 aliphatic rings. The molecule has 1 saturated heterocycles. The molecule has 0 saturated carbocycles. The molecule has 26 heavy (non-hydrogen) atoms. The molecule has 1 fully saturated rings. The third-order valence-electron chi connectivity index (χ3n) is 4.67. The number of nitrogens with one attached hydrogen (secondary N) is 1. The topological polar surface area (TPSA) is 100 Å². The summed E-state index contributed by atoms with van der Waals surface area (Å²) in [5.41, 5.74) is 2.16. The van der Waals surface area contributed by atoms with Crippen molar-refractivity contribution in [3.8, 4) is 0 Å². The molecule has 1 atom stereocenters. The first kappa shape index (κ1) is 19.8. The number of carbonyl (C=O) groups excluding carboxylic acids is 1. The number of nitrogens with zero attached hydrogens (tertiary/aromatic N) is 4. The van der Waals surface area contributed by atoms with E-state index in [4.69, 9.17) is 9.90 Å². The largest absolute Gasteiger partial charge is 0.483 e. The van der Waals surface area contributed by atoms with Gasteiger partial charge >= 0.3 is 0 Å². The van der Waals surface area contributed by atoms with E-state index in [1.807, 2.05) is 10.6 Å². The molecular formula is C18H27N5O3. The maximum atomic E-state index is 12.3. The molecule has 3 rings (SSSR count). The fourth-order valence-corrected chi connectivity index (χ4v) is 3.22. The number of carbonyl (C=O) groups is 2. The lowest BCUT2D eigenvalue weighted by atomic mass is 10.1. The highest BCUT2D eigenvalue weighted by molar-refractivity contribution is 5.96. The van der Waals surface area contributed by atoms with Crippen LogP contribution in [0, 0.1) is 0 Å². The van der Waals surface area contributed by atoms with Crippen molar-refractivity contribution >= 4 is 23.5 Å². The summed E-state index contributed by atoms with van der Waals surface area (Å²) in [6.45, 7) is 5.79. The first-order valence-corrected chi connectivity index (χ1v) is 8.86. The van der Waals surface area contributed by atoms with Crippen LogP contribution in [0.3, 0.4) is 0 Å². The van der Waals surface area contributed by atoms with Crippen LogP contribution in [-0.2, 0) is 4.79 Å². The summed E-state index contributed by atoms with van der Waals surface area (Å²) in [5, 5.41) is 9.89. The Hall–Kier alpha value is -2.48. The zero-order chi connectivity index (χ0) is 19.1. The van der Waals surface area contributed by atoms with E-state index < -0.39 is 0 Å². The molecule has 8 nitrogen and oxygen atoms in total. The van der Waals surface area contributed by atoms with E-state index in [0.29, 0.717) is 24.2 Å². The summed E-state index contributed by atoms with van der Waals surface area (Å²) in [6, 6.07) is 2.71. The van der Waals surface area contributed by atoms with Gasteiger partial charge in [-0.25, -0.2) is 9.97 Å². The Morgan fingerprint density at radius 1 is 1.46 bits per heavy atom. The molecule has 1 amide bonds. The van der Waals surface area contributed by atoms with E-state index in [9.17, 15) is 4.79 Å². The van der Waals surface area contributed by atoms with Crippen molar-refractivity contribution in [3.63, 3.8) is 0 Å². The minimum Gasteiger partial charge on any atom is -0.483 e. The van der Waals surface area contributed by atoms with Gasteiger partial charge in [-0.15, -0.1) is 0 Å². The number of likely N-dealkylation sites (tertiary alicyclic amines) is 1. The lowest BCUT2D eigenvalue weighted by molar-refractivity contribution is -0.122. The van der Waals surface area contributed by atoms with E-state index in [0.717, 1.165) is 24.1 Å². The number of carboxylic acid groups (broad SMARTS) is 1. The molecule has 2 N–H and O–H groups in total. The van der Waals surface area contributed by atoms with Crippen LogP contribution < -0.4 is 5.32 Å². The van der Waals surface area contributed by atoms with E-state index in [1.54, 1.807) is 12.5 Å². The fourth-order valence-electron chi connectivity index (χ4n) is 3.22. The first-order chi connectivity index (χ1) is 12.5. The maximum Gasteiger partial charge on any atom is 0.290 e. The monoisotopic (exact) mass is 361 g/mol. The van der Waals surface area contributed by atoms with Gasteiger partial charge in [0.05, 0.1) is 11.9 Å². The predicted molar refractivity (Wildman–Crippen MR) is 99.2 cm³/mol. The summed E-state index contributed by atoms with van der Waals surface area (Å²) >= 11 is 0. The van der Waals surface area contributed by atoms with Crippen molar-refractivity contribution < 1.29 is 14.7 Å². The summed E-state index contributed by atoms with van der Waals surface area (Å²) < 4.78 is 2.01. The molecule has 142 valence electrons. The quantitative estimate of drug-likeness (QED) is 0.789. The summed E-state index contributed by atoms with van der Waals surface area (Å²) in [5.74, 6) is -0.0702. The first-order valence-electron chi connectivity index (χ1n) is 8.86. The van der Waals surface area contributed by atoms with Crippen molar-refractivity contribution in [1.82, 2.24) is 24.8 Å². The Bertz CT molecular complexity index is 744. The van der Waals surface area contributed by atoms with E-state index in [2.05, 4.69) is 41.1 Å². The van der Waals surface area contributed by atoms with Crippen molar-refractivity contribution in [2.75, 3.05) is 20.1 Å². The van der Waals surface area contributed by atoms with Gasteiger partial charge in [-0.1, -0.05) is 0 Å².